The summed E-state index contributed by atoms with van der Waals surface area (Å²) in [5, 5.41) is 8.78. The average molecular weight is 372 g/mol. The van der Waals surface area contributed by atoms with Crippen molar-refractivity contribution in [3.63, 3.8) is 0 Å². The molecule has 8 heteroatoms. The summed E-state index contributed by atoms with van der Waals surface area (Å²) in [6, 6.07) is 11.1. The molecule has 0 fully saturated rings. The number of carbonyl (C=O) groups excluding carboxylic acids is 1. The van der Waals surface area contributed by atoms with Gasteiger partial charge in [-0.25, -0.2) is 0 Å². The van der Waals surface area contributed by atoms with Gasteiger partial charge in [-0.3, -0.25) is 4.79 Å². The fourth-order valence-electron chi connectivity index (χ4n) is 2.30. The molecule has 3 N–H and O–H groups in total. The molecule has 0 atom stereocenters. The number of aryl methyl sites for hydroxylation is 1. The van der Waals surface area contributed by atoms with Gasteiger partial charge < -0.3 is 20.3 Å². The number of benzene rings is 1. The van der Waals surface area contributed by atoms with Crippen LogP contribution in [0.15, 0.2) is 46.3 Å². The highest BCUT2D eigenvalue weighted by Gasteiger charge is 2.10. The number of ether oxygens (including phenoxy) is 1. The fourth-order valence-corrected chi connectivity index (χ4v) is 2.95. The van der Waals surface area contributed by atoms with E-state index in [0.29, 0.717) is 44.1 Å². The first-order valence-electron chi connectivity index (χ1n) is 8.34. The van der Waals surface area contributed by atoms with Crippen molar-refractivity contribution in [1.82, 2.24) is 10.1 Å². The van der Waals surface area contributed by atoms with E-state index in [9.17, 15) is 4.79 Å². The molecular weight excluding hydrogens is 352 g/mol. The normalized spacial score (nSPS) is 10.7. The maximum absolute atomic E-state index is 12.0. The van der Waals surface area contributed by atoms with Gasteiger partial charge in [0, 0.05) is 25.1 Å². The van der Waals surface area contributed by atoms with Crippen LogP contribution in [0.4, 0.5) is 5.69 Å². The monoisotopic (exact) mass is 372 g/mol. The van der Waals surface area contributed by atoms with Gasteiger partial charge in [-0.2, -0.15) is 4.98 Å². The highest BCUT2D eigenvalue weighted by atomic mass is 32.1. The number of hydrogen-bond donors (Lipinski definition) is 2. The van der Waals surface area contributed by atoms with E-state index in [1.54, 1.807) is 35.6 Å². The maximum Gasteiger partial charge on any atom is 0.226 e. The van der Waals surface area contributed by atoms with E-state index in [1.165, 1.54) is 0 Å². The Balaban J connectivity index is 1.41. The van der Waals surface area contributed by atoms with Crippen LogP contribution in [0.5, 0.6) is 5.75 Å². The fraction of sp³-hybridized carbons (Fsp3) is 0.278. The number of amides is 1. The van der Waals surface area contributed by atoms with Gasteiger partial charge in [0.25, 0.3) is 0 Å². The molecule has 1 aromatic carbocycles. The second kappa shape index (κ2) is 9.12. The Kier molecular flexibility index (Phi) is 6.34. The van der Waals surface area contributed by atoms with Crippen molar-refractivity contribution in [2.24, 2.45) is 5.73 Å². The summed E-state index contributed by atoms with van der Waals surface area (Å²) in [7, 11) is 0. The summed E-state index contributed by atoms with van der Waals surface area (Å²) in [5.74, 6) is 1.81. The van der Waals surface area contributed by atoms with E-state index < -0.39 is 0 Å². The Hall–Kier alpha value is -2.71. The Bertz CT molecular complexity index is 815. The number of carbonyl (C=O) groups is 1. The molecule has 0 radical (unpaired) electrons. The highest BCUT2D eigenvalue weighted by Crippen LogP contribution is 2.21. The van der Waals surface area contributed by atoms with Gasteiger partial charge in [-0.15, -0.1) is 11.3 Å². The van der Waals surface area contributed by atoms with Gasteiger partial charge in [-0.1, -0.05) is 11.2 Å². The second-order valence-corrected chi connectivity index (χ2v) is 6.50. The molecule has 0 aliphatic carbocycles. The first-order chi connectivity index (χ1) is 12.7. The van der Waals surface area contributed by atoms with Gasteiger partial charge in [0.1, 0.15) is 12.4 Å². The SMILES string of the molecule is NCCOc1ccc(NC(=O)CCCc2nc(-c3cccs3)no2)cc1. The third kappa shape index (κ3) is 5.14. The molecule has 0 aliphatic rings. The van der Waals surface area contributed by atoms with Crippen LogP contribution in [0.3, 0.4) is 0 Å². The molecule has 0 aliphatic heterocycles. The molecule has 3 aromatic rings. The predicted molar refractivity (Wildman–Crippen MR) is 100 cm³/mol. The molecule has 0 bridgehead atoms. The van der Waals surface area contributed by atoms with Gasteiger partial charge in [0.2, 0.25) is 17.6 Å². The third-order valence-corrected chi connectivity index (χ3v) is 4.39. The number of nitrogens with two attached hydrogens (primary N) is 1. The minimum Gasteiger partial charge on any atom is -0.492 e. The number of nitrogens with one attached hydrogen (secondary N) is 1. The molecule has 0 saturated heterocycles. The van der Waals surface area contributed by atoms with Crippen molar-refractivity contribution >= 4 is 22.9 Å². The minimum atomic E-state index is -0.0568. The Morgan fingerprint density at radius 3 is 2.85 bits per heavy atom. The Morgan fingerprint density at radius 1 is 1.27 bits per heavy atom. The Labute approximate surface area is 155 Å². The first kappa shape index (κ1) is 18.1. The Morgan fingerprint density at radius 2 is 2.12 bits per heavy atom. The van der Waals surface area contributed by atoms with Crippen LogP contribution in [0.25, 0.3) is 10.7 Å². The van der Waals surface area contributed by atoms with Crippen LogP contribution in [0.1, 0.15) is 18.7 Å². The van der Waals surface area contributed by atoms with E-state index in [0.717, 1.165) is 16.3 Å². The second-order valence-electron chi connectivity index (χ2n) is 5.55. The molecular formula is C18H20N4O3S. The molecule has 0 unspecified atom stereocenters. The van der Waals surface area contributed by atoms with E-state index in [1.807, 2.05) is 17.5 Å². The van der Waals surface area contributed by atoms with E-state index >= 15 is 0 Å². The lowest BCUT2D eigenvalue weighted by Gasteiger charge is -2.07. The summed E-state index contributed by atoms with van der Waals surface area (Å²) in [5.41, 5.74) is 6.12. The third-order valence-electron chi connectivity index (χ3n) is 3.53. The quantitative estimate of drug-likeness (QED) is 0.598. The minimum absolute atomic E-state index is 0.0568. The molecule has 136 valence electrons. The van der Waals surface area contributed by atoms with E-state index in [-0.39, 0.29) is 5.91 Å². The van der Waals surface area contributed by atoms with Crippen molar-refractivity contribution < 1.29 is 14.1 Å². The topological polar surface area (TPSA) is 103 Å². The average Bonchev–Trinajstić information content (AvgIpc) is 3.32. The molecule has 2 heterocycles. The first-order valence-corrected chi connectivity index (χ1v) is 9.22. The molecule has 7 nitrogen and oxygen atoms in total. The lowest BCUT2D eigenvalue weighted by atomic mass is 10.2. The number of thiophene rings is 1. The van der Waals surface area contributed by atoms with Crippen molar-refractivity contribution in [3.05, 3.63) is 47.7 Å². The number of nitrogens with zero attached hydrogens (tertiary/aromatic N) is 2. The van der Waals surface area contributed by atoms with Gasteiger partial charge in [0.15, 0.2) is 0 Å². The van der Waals surface area contributed by atoms with Crippen LogP contribution in [0.2, 0.25) is 0 Å². The van der Waals surface area contributed by atoms with Crippen LogP contribution >= 0.6 is 11.3 Å². The van der Waals surface area contributed by atoms with E-state index in [4.69, 9.17) is 15.0 Å². The van der Waals surface area contributed by atoms with Crippen molar-refractivity contribution in [2.75, 3.05) is 18.5 Å². The highest BCUT2D eigenvalue weighted by molar-refractivity contribution is 7.13. The summed E-state index contributed by atoms with van der Waals surface area (Å²) in [6.07, 6.45) is 1.58. The summed E-state index contributed by atoms with van der Waals surface area (Å²) < 4.78 is 10.6. The number of rotatable bonds is 9. The molecule has 2 aromatic heterocycles. The standard InChI is InChI=1S/C18H20N4O3S/c19-10-11-24-14-8-6-13(7-9-14)20-16(23)4-1-5-17-21-18(22-25-17)15-3-2-12-26-15/h2-3,6-9,12H,1,4-5,10-11,19H2,(H,20,23). The van der Waals surface area contributed by atoms with Crippen LogP contribution in [-0.4, -0.2) is 29.2 Å². The van der Waals surface area contributed by atoms with Gasteiger partial charge >= 0.3 is 0 Å². The van der Waals surface area contributed by atoms with Crippen LogP contribution in [-0.2, 0) is 11.2 Å². The number of hydrogen-bond acceptors (Lipinski definition) is 7. The summed E-state index contributed by atoms with van der Waals surface area (Å²) >= 11 is 1.56. The zero-order valence-corrected chi connectivity index (χ0v) is 15.0. The van der Waals surface area contributed by atoms with Crippen molar-refractivity contribution in [3.8, 4) is 16.5 Å². The molecule has 3 rings (SSSR count). The van der Waals surface area contributed by atoms with E-state index in [2.05, 4.69) is 15.5 Å². The summed E-state index contributed by atoms with van der Waals surface area (Å²) in [4.78, 5) is 17.3. The van der Waals surface area contributed by atoms with Gasteiger partial charge in [-0.05, 0) is 42.1 Å². The molecule has 26 heavy (non-hydrogen) atoms. The number of aromatic nitrogens is 2. The van der Waals surface area contributed by atoms with Gasteiger partial charge in [0.05, 0.1) is 4.88 Å². The van der Waals surface area contributed by atoms with Crippen LogP contribution in [0, 0.1) is 0 Å². The zero-order valence-electron chi connectivity index (χ0n) is 14.2. The molecule has 1 amide bonds. The van der Waals surface area contributed by atoms with Crippen molar-refractivity contribution in [1.29, 1.82) is 0 Å². The molecule has 0 spiro atoms. The lowest BCUT2D eigenvalue weighted by molar-refractivity contribution is -0.116. The zero-order chi connectivity index (χ0) is 18.2. The predicted octanol–water partition coefficient (Wildman–Crippen LogP) is 3.10. The van der Waals surface area contributed by atoms with Crippen molar-refractivity contribution in [2.45, 2.75) is 19.3 Å². The van der Waals surface area contributed by atoms with Crippen LogP contribution < -0.4 is 15.8 Å². The smallest absolute Gasteiger partial charge is 0.226 e. The lowest BCUT2D eigenvalue weighted by Crippen LogP contribution is -2.12. The summed E-state index contributed by atoms with van der Waals surface area (Å²) in [6.45, 7) is 0.933. The largest absolute Gasteiger partial charge is 0.492 e. The molecule has 0 saturated carbocycles. The maximum atomic E-state index is 12.0. The number of anilines is 1.